The first-order chi connectivity index (χ1) is 9.04. The Hall–Kier alpha value is -1.02. The lowest BCUT2D eigenvalue weighted by molar-refractivity contribution is 0.262. The fourth-order valence-corrected chi connectivity index (χ4v) is 3.15. The van der Waals surface area contributed by atoms with Gasteiger partial charge in [0.1, 0.15) is 5.75 Å². The molecule has 1 aliphatic rings. The minimum absolute atomic E-state index is 0.338. The Kier molecular flexibility index (Phi) is 4.51. The van der Waals surface area contributed by atoms with E-state index in [-0.39, 0.29) is 0 Å². The molecule has 2 unspecified atom stereocenters. The van der Waals surface area contributed by atoms with Crippen LogP contribution in [-0.4, -0.2) is 12.6 Å². The number of nitrogens with one attached hydrogen (secondary N) is 1. The van der Waals surface area contributed by atoms with Crippen molar-refractivity contribution >= 4 is 0 Å². The molecule has 0 heterocycles. The van der Waals surface area contributed by atoms with Crippen molar-refractivity contribution in [2.45, 2.75) is 59.0 Å². The van der Waals surface area contributed by atoms with Gasteiger partial charge in [-0.3, -0.25) is 0 Å². The Morgan fingerprint density at radius 3 is 2.74 bits per heavy atom. The van der Waals surface area contributed by atoms with E-state index in [4.69, 9.17) is 4.74 Å². The van der Waals surface area contributed by atoms with Crippen molar-refractivity contribution < 1.29 is 4.74 Å². The van der Waals surface area contributed by atoms with Gasteiger partial charge in [0, 0.05) is 17.6 Å². The highest BCUT2D eigenvalue weighted by Crippen LogP contribution is 2.39. The lowest BCUT2D eigenvalue weighted by atomic mass is 9.86. The molecule has 106 valence electrons. The predicted octanol–water partition coefficient (Wildman–Crippen LogP) is 4.31. The van der Waals surface area contributed by atoms with Crippen molar-refractivity contribution in [3.63, 3.8) is 0 Å². The molecular weight excluding hydrogens is 234 g/mol. The monoisotopic (exact) mass is 261 g/mol. The first-order valence-electron chi connectivity index (χ1n) is 7.52. The Balaban J connectivity index is 2.09. The van der Waals surface area contributed by atoms with Gasteiger partial charge in [0.2, 0.25) is 0 Å². The molecule has 1 aromatic carbocycles. The van der Waals surface area contributed by atoms with Gasteiger partial charge in [-0.25, -0.2) is 0 Å². The summed E-state index contributed by atoms with van der Waals surface area (Å²) in [6.45, 7) is 9.75. The van der Waals surface area contributed by atoms with Gasteiger partial charge in [-0.15, -0.1) is 0 Å². The lowest BCUT2D eigenvalue weighted by Gasteiger charge is -2.31. The summed E-state index contributed by atoms with van der Waals surface area (Å²) < 4.78 is 5.73. The zero-order chi connectivity index (χ0) is 13.9. The molecule has 2 atom stereocenters. The minimum atomic E-state index is 0.338. The average Bonchev–Trinajstić information content (AvgIpc) is 2.70. The van der Waals surface area contributed by atoms with Gasteiger partial charge < -0.3 is 10.1 Å². The van der Waals surface area contributed by atoms with Crippen LogP contribution in [0.3, 0.4) is 0 Å². The summed E-state index contributed by atoms with van der Waals surface area (Å²) >= 11 is 0. The van der Waals surface area contributed by atoms with Gasteiger partial charge in [-0.2, -0.15) is 0 Å². The molecule has 0 saturated heterocycles. The molecule has 1 aromatic rings. The maximum atomic E-state index is 5.73. The molecule has 0 spiro atoms. The highest BCUT2D eigenvalue weighted by atomic mass is 16.5. The van der Waals surface area contributed by atoms with Crippen LogP contribution in [0.1, 0.15) is 58.6 Å². The van der Waals surface area contributed by atoms with Crippen molar-refractivity contribution in [1.82, 2.24) is 5.32 Å². The highest BCUT2D eigenvalue weighted by molar-refractivity contribution is 5.35. The van der Waals surface area contributed by atoms with Gasteiger partial charge in [0.05, 0.1) is 6.61 Å². The fraction of sp³-hybridized carbons (Fsp3) is 0.647. The van der Waals surface area contributed by atoms with Crippen LogP contribution in [0, 0.1) is 5.41 Å². The molecule has 1 N–H and O–H groups in total. The number of rotatable bonds is 5. The van der Waals surface area contributed by atoms with Crippen LogP contribution in [0.25, 0.3) is 0 Å². The zero-order valence-electron chi connectivity index (χ0n) is 12.7. The van der Waals surface area contributed by atoms with Crippen LogP contribution >= 0.6 is 0 Å². The molecule has 2 heteroatoms. The first kappa shape index (κ1) is 14.4. The molecule has 19 heavy (non-hydrogen) atoms. The Morgan fingerprint density at radius 2 is 2.11 bits per heavy atom. The van der Waals surface area contributed by atoms with Crippen molar-refractivity contribution in [1.29, 1.82) is 0 Å². The van der Waals surface area contributed by atoms with E-state index >= 15 is 0 Å². The van der Waals surface area contributed by atoms with E-state index in [1.807, 2.05) is 13.0 Å². The van der Waals surface area contributed by atoms with Crippen molar-refractivity contribution in [3.05, 3.63) is 29.8 Å². The van der Waals surface area contributed by atoms with Gasteiger partial charge in [0.15, 0.2) is 0 Å². The number of para-hydroxylation sites is 1. The Morgan fingerprint density at radius 1 is 1.37 bits per heavy atom. The molecule has 0 bridgehead atoms. The first-order valence-corrected chi connectivity index (χ1v) is 7.52. The zero-order valence-corrected chi connectivity index (χ0v) is 12.7. The van der Waals surface area contributed by atoms with E-state index in [2.05, 4.69) is 44.3 Å². The molecular formula is C17H27NO. The molecule has 1 saturated carbocycles. The highest BCUT2D eigenvalue weighted by Gasteiger charge is 2.35. The second-order valence-corrected chi connectivity index (χ2v) is 6.29. The van der Waals surface area contributed by atoms with Crippen LogP contribution in [0.5, 0.6) is 5.75 Å². The fourth-order valence-electron chi connectivity index (χ4n) is 3.15. The van der Waals surface area contributed by atoms with Gasteiger partial charge in [-0.05, 0) is 38.2 Å². The SMILES string of the molecule is CCOc1ccccc1C(C)NC1CCCC1(C)C. The summed E-state index contributed by atoms with van der Waals surface area (Å²) in [6, 6.07) is 9.32. The van der Waals surface area contributed by atoms with Gasteiger partial charge in [-0.1, -0.05) is 38.5 Å². The summed E-state index contributed by atoms with van der Waals surface area (Å²) in [7, 11) is 0. The molecule has 2 rings (SSSR count). The van der Waals surface area contributed by atoms with Crippen LogP contribution in [-0.2, 0) is 0 Å². The van der Waals surface area contributed by atoms with Crippen LogP contribution in [0.4, 0.5) is 0 Å². The third-order valence-corrected chi connectivity index (χ3v) is 4.39. The largest absolute Gasteiger partial charge is 0.494 e. The lowest BCUT2D eigenvalue weighted by Crippen LogP contribution is -2.39. The average molecular weight is 261 g/mol. The summed E-state index contributed by atoms with van der Waals surface area (Å²) in [5.41, 5.74) is 1.68. The normalized spacial score (nSPS) is 23.3. The smallest absolute Gasteiger partial charge is 0.124 e. The number of hydrogen-bond acceptors (Lipinski definition) is 2. The Bertz CT molecular complexity index is 413. The number of hydrogen-bond donors (Lipinski definition) is 1. The molecule has 0 aromatic heterocycles. The van der Waals surface area contributed by atoms with E-state index in [1.54, 1.807) is 0 Å². The molecule has 0 aliphatic heterocycles. The molecule has 2 nitrogen and oxygen atoms in total. The summed E-state index contributed by atoms with van der Waals surface area (Å²) in [5.74, 6) is 1.01. The third kappa shape index (κ3) is 3.30. The predicted molar refractivity (Wildman–Crippen MR) is 80.6 cm³/mol. The number of benzene rings is 1. The third-order valence-electron chi connectivity index (χ3n) is 4.39. The minimum Gasteiger partial charge on any atom is -0.494 e. The molecule has 1 aliphatic carbocycles. The molecule has 1 fully saturated rings. The number of ether oxygens (including phenoxy) is 1. The topological polar surface area (TPSA) is 21.3 Å². The van der Waals surface area contributed by atoms with Crippen molar-refractivity contribution in [2.24, 2.45) is 5.41 Å². The van der Waals surface area contributed by atoms with Gasteiger partial charge in [0.25, 0.3) is 0 Å². The summed E-state index contributed by atoms with van der Waals surface area (Å²) in [4.78, 5) is 0. The van der Waals surface area contributed by atoms with E-state index < -0.39 is 0 Å². The van der Waals surface area contributed by atoms with Crippen molar-refractivity contribution in [2.75, 3.05) is 6.61 Å². The summed E-state index contributed by atoms with van der Waals surface area (Å²) in [5, 5.41) is 3.80. The standard InChI is InChI=1S/C17H27NO/c1-5-19-15-10-7-6-9-14(15)13(2)18-16-11-8-12-17(16,3)4/h6-7,9-10,13,16,18H,5,8,11-12H2,1-4H3. The maximum absolute atomic E-state index is 5.73. The van der Waals surface area contributed by atoms with Crippen LogP contribution in [0.15, 0.2) is 24.3 Å². The second kappa shape index (κ2) is 5.96. The molecule has 0 radical (unpaired) electrons. The van der Waals surface area contributed by atoms with Crippen LogP contribution < -0.4 is 10.1 Å². The van der Waals surface area contributed by atoms with E-state index in [1.165, 1.54) is 24.8 Å². The van der Waals surface area contributed by atoms with Crippen molar-refractivity contribution in [3.8, 4) is 5.75 Å². The second-order valence-electron chi connectivity index (χ2n) is 6.29. The summed E-state index contributed by atoms with van der Waals surface area (Å²) in [6.07, 6.45) is 3.95. The van der Waals surface area contributed by atoms with E-state index in [0.29, 0.717) is 17.5 Å². The Labute approximate surface area is 117 Å². The quantitative estimate of drug-likeness (QED) is 0.852. The van der Waals surface area contributed by atoms with E-state index in [9.17, 15) is 0 Å². The van der Waals surface area contributed by atoms with E-state index in [0.717, 1.165) is 12.4 Å². The maximum Gasteiger partial charge on any atom is 0.124 e. The molecule has 0 amide bonds. The van der Waals surface area contributed by atoms with Crippen LogP contribution in [0.2, 0.25) is 0 Å². The van der Waals surface area contributed by atoms with Gasteiger partial charge >= 0.3 is 0 Å².